The number of nitrogens with one attached hydrogen (secondary N) is 1. The third kappa shape index (κ3) is 3.04. The summed E-state index contributed by atoms with van der Waals surface area (Å²) >= 11 is 0. The largest absolute Gasteiger partial charge is 0.388 e. The summed E-state index contributed by atoms with van der Waals surface area (Å²) in [7, 11) is -3.44. The number of rotatable bonds is 5. The molecule has 1 aromatic rings. The van der Waals surface area contributed by atoms with Crippen molar-refractivity contribution < 1.29 is 13.5 Å². The molecular formula is C11H17NO3S. The Hall–Kier alpha value is -0.910. The van der Waals surface area contributed by atoms with Crippen molar-refractivity contribution in [2.75, 3.05) is 6.54 Å². The van der Waals surface area contributed by atoms with E-state index in [1.807, 2.05) is 6.92 Å². The second kappa shape index (κ2) is 5.43. The Labute approximate surface area is 96.4 Å². The summed E-state index contributed by atoms with van der Waals surface area (Å²) in [6, 6.07) is 6.38. The third-order valence-electron chi connectivity index (χ3n) is 2.27. The molecule has 0 aromatic heterocycles. The van der Waals surface area contributed by atoms with Crippen molar-refractivity contribution in [2.24, 2.45) is 0 Å². The lowest BCUT2D eigenvalue weighted by atomic mass is 10.1. The lowest BCUT2D eigenvalue weighted by Gasteiger charge is -2.10. The highest BCUT2D eigenvalue weighted by Gasteiger charge is 2.14. The number of aliphatic hydroxyl groups is 1. The molecule has 0 heterocycles. The first-order valence-corrected chi connectivity index (χ1v) is 6.77. The van der Waals surface area contributed by atoms with Gasteiger partial charge in [-0.1, -0.05) is 26.0 Å². The highest BCUT2D eigenvalue weighted by atomic mass is 32.2. The van der Waals surface area contributed by atoms with Gasteiger partial charge in [-0.2, -0.15) is 0 Å². The van der Waals surface area contributed by atoms with Crippen LogP contribution in [0.4, 0.5) is 0 Å². The van der Waals surface area contributed by atoms with Crippen molar-refractivity contribution in [2.45, 2.75) is 31.3 Å². The Bertz CT molecular complexity index is 442. The van der Waals surface area contributed by atoms with Crippen LogP contribution in [0.2, 0.25) is 0 Å². The van der Waals surface area contributed by atoms with Gasteiger partial charge in [0.1, 0.15) is 0 Å². The van der Waals surface area contributed by atoms with Crippen molar-refractivity contribution in [1.29, 1.82) is 0 Å². The van der Waals surface area contributed by atoms with Crippen LogP contribution in [-0.2, 0) is 10.0 Å². The predicted octanol–water partition coefficient (Wildman–Crippen LogP) is 1.43. The fourth-order valence-corrected chi connectivity index (χ4v) is 2.49. The fraction of sp³-hybridized carbons (Fsp3) is 0.455. The minimum atomic E-state index is -3.44. The van der Waals surface area contributed by atoms with Gasteiger partial charge in [-0.15, -0.1) is 0 Å². The Kier molecular flexibility index (Phi) is 4.46. The minimum Gasteiger partial charge on any atom is -0.388 e. The summed E-state index contributed by atoms with van der Waals surface area (Å²) in [4.78, 5) is 0.194. The summed E-state index contributed by atoms with van der Waals surface area (Å²) < 4.78 is 25.8. The van der Waals surface area contributed by atoms with Crippen LogP contribution in [0.1, 0.15) is 31.9 Å². The molecule has 0 amide bonds. The zero-order valence-electron chi connectivity index (χ0n) is 9.47. The van der Waals surface area contributed by atoms with Gasteiger partial charge < -0.3 is 5.11 Å². The molecule has 0 saturated carbocycles. The minimum absolute atomic E-state index is 0.194. The van der Waals surface area contributed by atoms with E-state index in [0.29, 0.717) is 18.5 Å². The highest BCUT2D eigenvalue weighted by molar-refractivity contribution is 7.89. The van der Waals surface area contributed by atoms with E-state index in [2.05, 4.69) is 4.72 Å². The van der Waals surface area contributed by atoms with E-state index in [1.54, 1.807) is 19.1 Å². The third-order valence-corrected chi connectivity index (χ3v) is 3.82. The molecule has 0 spiro atoms. The summed E-state index contributed by atoms with van der Waals surface area (Å²) in [6.45, 7) is 3.92. The lowest BCUT2D eigenvalue weighted by molar-refractivity contribution is 0.173. The Morgan fingerprint density at radius 3 is 2.62 bits per heavy atom. The fourth-order valence-electron chi connectivity index (χ4n) is 1.40. The predicted molar refractivity (Wildman–Crippen MR) is 62.6 cm³/mol. The molecule has 16 heavy (non-hydrogen) atoms. The highest BCUT2D eigenvalue weighted by Crippen LogP contribution is 2.19. The molecule has 1 unspecified atom stereocenters. The average Bonchev–Trinajstić information content (AvgIpc) is 2.28. The van der Waals surface area contributed by atoms with E-state index < -0.39 is 16.1 Å². The molecule has 0 fully saturated rings. The molecule has 4 nitrogen and oxygen atoms in total. The normalized spacial score (nSPS) is 13.7. The molecule has 90 valence electrons. The molecule has 0 aliphatic carbocycles. The topological polar surface area (TPSA) is 66.4 Å². The molecule has 1 aromatic carbocycles. The van der Waals surface area contributed by atoms with Gasteiger partial charge in [-0.25, -0.2) is 13.1 Å². The summed E-state index contributed by atoms with van der Waals surface area (Å²) in [6.07, 6.45) is -0.0539. The molecule has 2 N–H and O–H groups in total. The molecule has 0 aliphatic rings. The van der Waals surface area contributed by atoms with E-state index in [-0.39, 0.29) is 4.90 Å². The van der Waals surface area contributed by atoms with Gasteiger partial charge in [0.25, 0.3) is 0 Å². The average molecular weight is 243 g/mol. The molecule has 1 rings (SSSR count). The Morgan fingerprint density at radius 2 is 2.06 bits per heavy atom. The van der Waals surface area contributed by atoms with Gasteiger partial charge in [0.2, 0.25) is 10.0 Å². The van der Waals surface area contributed by atoms with Crippen molar-refractivity contribution in [3.8, 4) is 0 Å². The molecule has 0 saturated heterocycles. The Morgan fingerprint density at radius 1 is 1.38 bits per heavy atom. The maximum absolute atomic E-state index is 11.7. The van der Waals surface area contributed by atoms with Gasteiger partial charge in [-0.05, 0) is 24.1 Å². The first kappa shape index (κ1) is 13.2. The van der Waals surface area contributed by atoms with Gasteiger partial charge >= 0.3 is 0 Å². The molecular weight excluding hydrogens is 226 g/mol. The monoisotopic (exact) mass is 243 g/mol. The van der Waals surface area contributed by atoms with Crippen molar-refractivity contribution >= 4 is 10.0 Å². The first-order chi connectivity index (χ1) is 7.51. The van der Waals surface area contributed by atoms with E-state index in [1.165, 1.54) is 12.1 Å². The van der Waals surface area contributed by atoms with Crippen LogP contribution in [0.5, 0.6) is 0 Å². The second-order valence-electron chi connectivity index (χ2n) is 3.50. The van der Waals surface area contributed by atoms with Crippen LogP contribution in [0.25, 0.3) is 0 Å². The number of sulfonamides is 1. The number of hydrogen-bond acceptors (Lipinski definition) is 3. The van der Waals surface area contributed by atoms with E-state index in [4.69, 9.17) is 0 Å². The van der Waals surface area contributed by atoms with E-state index in [0.717, 1.165) is 0 Å². The molecule has 1 atom stereocenters. The molecule has 5 heteroatoms. The van der Waals surface area contributed by atoms with Crippen molar-refractivity contribution in [1.82, 2.24) is 4.72 Å². The summed E-state index contributed by atoms with van der Waals surface area (Å²) in [5, 5.41) is 9.63. The van der Waals surface area contributed by atoms with Gasteiger partial charge in [0, 0.05) is 6.54 Å². The van der Waals surface area contributed by atoms with Gasteiger partial charge in [0.15, 0.2) is 0 Å². The van der Waals surface area contributed by atoms with E-state index >= 15 is 0 Å². The van der Waals surface area contributed by atoms with Crippen LogP contribution < -0.4 is 4.72 Å². The van der Waals surface area contributed by atoms with Crippen LogP contribution in [0.3, 0.4) is 0 Å². The Balaban J connectivity index is 3.08. The van der Waals surface area contributed by atoms with E-state index in [9.17, 15) is 13.5 Å². The zero-order valence-corrected chi connectivity index (χ0v) is 10.3. The van der Waals surface area contributed by atoms with Crippen molar-refractivity contribution in [3.05, 3.63) is 29.8 Å². The molecule has 0 aliphatic heterocycles. The van der Waals surface area contributed by atoms with Crippen LogP contribution >= 0.6 is 0 Å². The maximum Gasteiger partial charge on any atom is 0.240 e. The lowest BCUT2D eigenvalue weighted by Crippen LogP contribution is -2.23. The van der Waals surface area contributed by atoms with Gasteiger partial charge in [0.05, 0.1) is 11.0 Å². The number of aliphatic hydroxyl groups excluding tert-OH is 1. The second-order valence-corrected chi connectivity index (χ2v) is 5.26. The summed E-state index contributed by atoms with van der Waals surface area (Å²) in [5.41, 5.74) is 0.626. The van der Waals surface area contributed by atoms with Crippen LogP contribution in [0.15, 0.2) is 29.2 Å². The summed E-state index contributed by atoms with van der Waals surface area (Å²) in [5.74, 6) is 0. The SMILES string of the molecule is CCNS(=O)(=O)c1cccc(C(O)CC)c1. The van der Waals surface area contributed by atoms with Crippen LogP contribution in [-0.4, -0.2) is 20.1 Å². The maximum atomic E-state index is 11.7. The standard InChI is InChI=1S/C11H17NO3S/c1-3-11(13)9-6-5-7-10(8-9)16(14,15)12-4-2/h5-8,11-13H,3-4H2,1-2H3. The number of benzene rings is 1. The number of hydrogen-bond donors (Lipinski definition) is 2. The van der Waals surface area contributed by atoms with Crippen LogP contribution in [0, 0.1) is 0 Å². The molecule has 0 bridgehead atoms. The van der Waals surface area contributed by atoms with Gasteiger partial charge in [-0.3, -0.25) is 0 Å². The van der Waals surface area contributed by atoms with Crippen molar-refractivity contribution in [3.63, 3.8) is 0 Å². The quantitative estimate of drug-likeness (QED) is 0.822. The zero-order chi connectivity index (χ0) is 12.2. The molecule has 0 radical (unpaired) electrons. The smallest absolute Gasteiger partial charge is 0.240 e. The first-order valence-electron chi connectivity index (χ1n) is 5.29.